The zero-order chi connectivity index (χ0) is 15.5. The molecular formula is C16H12FN3OS. The van der Waals surface area contributed by atoms with E-state index in [1.165, 1.54) is 23.5 Å². The molecule has 0 saturated carbocycles. The lowest BCUT2D eigenvalue weighted by molar-refractivity contribution is 0.480. The van der Waals surface area contributed by atoms with Gasteiger partial charge in [0.25, 0.3) is 0 Å². The average Bonchev–Trinajstić information content (AvgIpc) is 2.86. The highest BCUT2D eigenvalue weighted by Gasteiger charge is 2.07. The Kier molecular flexibility index (Phi) is 3.81. The minimum atomic E-state index is -0.316. The van der Waals surface area contributed by atoms with Gasteiger partial charge in [0.2, 0.25) is 0 Å². The Bertz CT molecular complexity index is 895. The number of hydrogen-bond acceptors (Lipinski definition) is 5. The minimum absolute atomic E-state index is 0.0526. The molecule has 0 aliphatic carbocycles. The first kappa shape index (κ1) is 14.2. The standard InChI is InChI=1S/C16H12FN3OS/c17-11-5-1-2-6-12(11)19-7-3-4-10-8-13(21)15-14(9-10)22-16(18)20-15/h1-2,5-6,8-9,19,21H,7H2,(H2,18,20). The summed E-state index contributed by atoms with van der Waals surface area (Å²) >= 11 is 1.29. The van der Waals surface area contributed by atoms with E-state index in [2.05, 4.69) is 22.1 Å². The van der Waals surface area contributed by atoms with Gasteiger partial charge in [-0.3, -0.25) is 0 Å². The van der Waals surface area contributed by atoms with Gasteiger partial charge in [0, 0.05) is 5.56 Å². The van der Waals surface area contributed by atoms with Gasteiger partial charge in [-0.15, -0.1) is 0 Å². The van der Waals surface area contributed by atoms with Crippen LogP contribution in [0.25, 0.3) is 10.2 Å². The van der Waals surface area contributed by atoms with Crippen LogP contribution in [0.4, 0.5) is 15.2 Å². The Morgan fingerprint density at radius 3 is 2.95 bits per heavy atom. The average molecular weight is 313 g/mol. The van der Waals surface area contributed by atoms with Crippen molar-refractivity contribution in [3.05, 3.63) is 47.8 Å². The van der Waals surface area contributed by atoms with E-state index in [1.807, 2.05) is 6.07 Å². The van der Waals surface area contributed by atoms with Gasteiger partial charge in [0.05, 0.1) is 16.9 Å². The van der Waals surface area contributed by atoms with Crippen molar-refractivity contribution in [2.45, 2.75) is 0 Å². The zero-order valence-electron chi connectivity index (χ0n) is 11.4. The van der Waals surface area contributed by atoms with Gasteiger partial charge in [0.1, 0.15) is 17.1 Å². The minimum Gasteiger partial charge on any atom is -0.506 e. The molecule has 1 aromatic heterocycles. The van der Waals surface area contributed by atoms with Crippen LogP contribution in [-0.4, -0.2) is 16.6 Å². The summed E-state index contributed by atoms with van der Waals surface area (Å²) in [5.41, 5.74) is 7.17. The normalized spacial score (nSPS) is 10.2. The van der Waals surface area contributed by atoms with Crippen molar-refractivity contribution in [3.63, 3.8) is 0 Å². The van der Waals surface area contributed by atoms with E-state index >= 15 is 0 Å². The Labute approximate surface area is 130 Å². The van der Waals surface area contributed by atoms with Crippen LogP contribution in [0, 0.1) is 17.7 Å². The summed E-state index contributed by atoms with van der Waals surface area (Å²) < 4.78 is 14.2. The molecule has 22 heavy (non-hydrogen) atoms. The van der Waals surface area contributed by atoms with Crippen LogP contribution in [0.1, 0.15) is 5.56 Å². The van der Waals surface area contributed by atoms with Crippen LogP contribution in [0.15, 0.2) is 36.4 Å². The highest BCUT2D eigenvalue weighted by molar-refractivity contribution is 7.22. The number of nitrogens with one attached hydrogen (secondary N) is 1. The molecule has 0 fully saturated rings. The van der Waals surface area contributed by atoms with E-state index in [0.717, 1.165) is 4.70 Å². The number of aromatic hydroxyl groups is 1. The maximum atomic E-state index is 13.4. The summed E-state index contributed by atoms with van der Waals surface area (Å²) in [5, 5.41) is 13.2. The first-order chi connectivity index (χ1) is 10.6. The molecule has 0 radical (unpaired) electrons. The van der Waals surface area contributed by atoms with Crippen LogP contribution in [0.5, 0.6) is 5.75 Å². The number of para-hydroxylation sites is 1. The molecule has 1 heterocycles. The third-order valence-electron chi connectivity index (χ3n) is 2.97. The van der Waals surface area contributed by atoms with Gasteiger partial charge in [-0.1, -0.05) is 35.3 Å². The number of phenols is 1. The number of nitrogen functional groups attached to an aromatic ring is 1. The number of fused-ring (bicyclic) bond motifs is 1. The fraction of sp³-hybridized carbons (Fsp3) is 0.0625. The van der Waals surface area contributed by atoms with Gasteiger partial charge in [0.15, 0.2) is 5.13 Å². The van der Waals surface area contributed by atoms with Gasteiger partial charge >= 0.3 is 0 Å². The second kappa shape index (κ2) is 5.92. The Morgan fingerprint density at radius 2 is 2.14 bits per heavy atom. The molecule has 0 aliphatic rings. The second-order valence-electron chi connectivity index (χ2n) is 4.53. The lowest BCUT2D eigenvalue weighted by Gasteiger charge is -2.02. The molecular weight excluding hydrogens is 301 g/mol. The summed E-state index contributed by atoms with van der Waals surface area (Å²) in [4.78, 5) is 4.04. The number of nitrogens with two attached hydrogens (primary N) is 1. The van der Waals surface area contributed by atoms with E-state index in [-0.39, 0.29) is 11.6 Å². The molecule has 3 aromatic rings. The molecule has 0 atom stereocenters. The fourth-order valence-corrected chi connectivity index (χ4v) is 2.79. The van der Waals surface area contributed by atoms with Crippen LogP contribution in [0.3, 0.4) is 0 Å². The number of nitrogens with zero attached hydrogens (tertiary/aromatic N) is 1. The summed E-state index contributed by atoms with van der Waals surface area (Å²) in [6.45, 7) is 0.296. The Balaban J connectivity index is 1.75. The van der Waals surface area contributed by atoms with Crippen molar-refractivity contribution in [2.75, 3.05) is 17.6 Å². The van der Waals surface area contributed by atoms with Crippen LogP contribution in [0.2, 0.25) is 0 Å². The van der Waals surface area contributed by atoms with Crippen molar-refractivity contribution in [3.8, 4) is 17.6 Å². The molecule has 4 nitrogen and oxygen atoms in total. The lowest BCUT2D eigenvalue weighted by Crippen LogP contribution is -2.00. The van der Waals surface area contributed by atoms with E-state index < -0.39 is 0 Å². The second-order valence-corrected chi connectivity index (χ2v) is 5.59. The Hall–Kier alpha value is -2.78. The van der Waals surface area contributed by atoms with Crippen molar-refractivity contribution < 1.29 is 9.50 Å². The predicted molar refractivity (Wildman–Crippen MR) is 87.5 cm³/mol. The van der Waals surface area contributed by atoms with Crippen molar-refractivity contribution in [1.29, 1.82) is 0 Å². The van der Waals surface area contributed by atoms with Gasteiger partial charge < -0.3 is 16.2 Å². The molecule has 0 amide bonds. The van der Waals surface area contributed by atoms with E-state index in [0.29, 0.717) is 28.4 Å². The lowest BCUT2D eigenvalue weighted by atomic mass is 10.2. The molecule has 0 unspecified atom stereocenters. The number of rotatable bonds is 2. The number of halogens is 1. The topological polar surface area (TPSA) is 71.2 Å². The smallest absolute Gasteiger partial charge is 0.181 e. The molecule has 2 aromatic carbocycles. The maximum Gasteiger partial charge on any atom is 0.181 e. The number of phenolic OH excluding ortho intramolecular Hbond substituents is 1. The zero-order valence-corrected chi connectivity index (χ0v) is 12.2. The monoisotopic (exact) mass is 313 g/mol. The van der Waals surface area contributed by atoms with E-state index in [4.69, 9.17) is 5.73 Å². The summed E-state index contributed by atoms with van der Waals surface area (Å²) in [6.07, 6.45) is 0. The molecule has 0 bridgehead atoms. The highest BCUT2D eigenvalue weighted by Crippen LogP contribution is 2.31. The SMILES string of the molecule is Nc1nc2c(O)cc(C#CCNc3ccccc3F)cc2s1. The van der Waals surface area contributed by atoms with E-state index in [9.17, 15) is 9.50 Å². The molecule has 0 saturated heterocycles. The number of thiazole rings is 1. The summed E-state index contributed by atoms with van der Waals surface area (Å²) in [7, 11) is 0. The number of aromatic nitrogens is 1. The van der Waals surface area contributed by atoms with Crippen molar-refractivity contribution in [2.24, 2.45) is 0 Å². The predicted octanol–water partition coefficient (Wildman–Crippen LogP) is 3.19. The summed E-state index contributed by atoms with van der Waals surface area (Å²) in [5.74, 6) is 5.55. The quantitative estimate of drug-likeness (QED) is 0.635. The van der Waals surface area contributed by atoms with E-state index in [1.54, 1.807) is 18.2 Å². The van der Waals surface area contributed by atoms with Gasteiger partial charge in [-0.05, 0) is 24.3 Å². The van der Waals surface area contributed by atoms with Crippen LogP contribution < -0.4 is 11.1 Å². The van der Waals surface area contributed by atoms with Crippen LogP contribution >= 0.6 is 11.3 Å². The van der Waals surface area contributed by atoms with Crippen molar-refractivity contribution in [1.82, 2.24) is 4.98 Å². The van der Waals surface area contributed by atoms with Gasteiger partial charge in [-0.2, -0.15) is 0 Å². The molecule has 4 N–H and O–H groups in total. The highest BCUT2D eigenvalue weighted by atomic mass is 32.1. The summed E-state index contributed by atoms with van der Waals surface area (Å²) in [6, 6.07) is 9.77. The third kappa shape index (κ3) is 2.95. The maximum absolute atomic E-state index is 13.4. The van der Waals surface area contributed by atoms with Gasteiger partial charge in [-0.25, -0.2) is 9.37 Å². The van der Waals surface area contributed by atoms with Crippen molar-refractivity contribution >= 4 is 32.4 Å². The molecule has 0 spiro atoms. The molecule has 0 aliphatic heterocycles. The fourth-order valence-electron chi connectivity index (χ4n) is 1.99. The molecule has 110 valence electrons. The third-order valence-corrected chi connectivity index (χ3v) is 3.80. The molecule has 6 heteroatoms. The number of hydrogen-bond donors (Lipinski definition) is 3. The largest absolute Gasteiger partial charge is 0.506 e. The first-order valence-corrected chi connectivity index (χ1v) is 7.31. The first-order valence-electron chi connectivity index (χ1n) is 6.50. The number of benzene rings is 2. The number of anilines is 2. The van der Waals surface area contributed by atoms with Crippen LogP contribution in [-0.2, 0) is 0 Å². The molecule has 3 rings (SSSR count). The Morgan fingerprint density at radius 1 is 1.32 bits per heavy atom.